The number of rotatable bonds is 8. The zero-order valence-corrected chi connectivity index (χ0v) is 11.4. The van der Waals surface area contributed by atoms with E-state index in [2.05, 4.69) is 39.9 Å². The van der Waals surface area contributed by atoms with Crippen LogP contribution >= 0.6 is 0 Å². The molecule has 0 bridgehead atoms. The summed E-state index contributed by atoms with van der Waals surface area (Å²) in [6.45, 7) is 12.2. The molecule has 0 spiro atoms. The maximum Gasteiger partial charge on any atom is 0.0637 e. The molecular formula is C13H29NO. The fourth-order valence-electron chi connectivity index (χ4n) is 1.89. The first kappa shape index (κ1) is 14.9. The second-order valence-corrected chi connectivity index (χ2v) is 5.37. The first-order valence-corrected chi connectivity index (χ1v) is 6.19. The van der Waals surface area contributed by atoms with Crippen LogP contribution in [0.5, 0.6) is 0 Å². The van der Waals surface area contributed by atoms with Gasteiger partial charge in [-0.25, -0.2) is 0 Å². The van der Waals surface area contributed by atoms with Crippen molar-refractivity contribution in [1.29, 1.82) is 0 Å². The maximum atomic E-state index is 5.42. The summed E-state index contributed by atoms with van der Waals surface area (Å²) in [6.07, 6.45) is 3.65. The van der Waals surface area contributed by atoms with Crippen molar-refractivity contribution in [3.05, 3.63) is 0 Å². The molecule has 0 aliphatic heterocycles. The predicted molar refractivity (Wildman–Crippen MR) is 67.2 cm³/mol. The lowest BCUT2D eigenvalue weighted by molar-refractivity contribution is 0.00833. The van der Waals surface area contributed by atoms with Crippen molar-refractivity contribution in [3.8, 4) is 0 Å². The van der Waals surface area contributed by atoms with Gasteiger partial charge in [-0.15, -0.1) is 0 Å². The fourth-order valence-corrected chi connectivity index (χ4v) is 1.89. The van der Waals surface area contributed by atoms with E-state index in [0.29, 0.717) is 6.04 Å². The smallest absolute Gasteiger partial charge is 0.0637 e. The number of nitrogens with one attached hydrogen (secondary N) is 1. The molecule has 0 aromatic carbocycles. The van der Waals surface area contributed by atoms with Gasteiger partial charge in [-0.2, -0.15) is 0 Å². The molecule has 2 atom stereocenters. The topological polar surface area (TPSA) is 21.3 Å². The van der Waals surface area contributed by atoms with E-state index in [0.717, 1.165) is 18.9 Å². The summed E-state index contributed by atoms with van der Waals surface area (Å²) < 4.78 is 5.42. The molecule has 0 fully saturated rings. The van der Waals surface area contributed by atoms with Crippen molar-refractivity contribution in [2.45, 2.75) is 65.5 Å². The fraction of sp³-hybridized carbons (Fsp3) is 1.00. The molecule has 0 aromatic rings. The summed E-state index contributed by atoms with van der Waals surface area (Å²) >= 11 is 0. The molecule has 15 heavy (non-hydrogen) atoms. The summed E-state index contributed by atoms with van der Waals surface area (Å²) in [4.78, 5) is 0. The van der Waals surface area contributed by atoms with E-state index >= 15 is 0 Å². The van der Waals surface area contributed by atoms with Gasteiger partial charge in [0.1, 0.15) is 0 Å². The predicted octanol–water partition coefficient (Wildman–Crippen LogP) is 3.22. The van der Waals surface area contributed by atoms with Gasteiger partial charge >= 0.3 is 0 Å². The lowest BCUT2D eigenvalue weighted by atomic mass is 9.99. The Morgan fingerprint density at radius 1 is 1.27 bits per heavy atom. The van der Waals surface area contributed by atoms with Gasteiger partial charge in [0.05, 0.1) is 5.60 Å². The minimum atomic E-state index is -0.0135. The average molecular weight is 215 g/mol. The Morgan fingerprint density at radius 2 is 1.87 bits per heavy atom. The summed E-state index contributed by atoms with van der Waals surface area (Å²) in [5.74, 6) is 0.781. The largest absolute Gasteiger partial charge is 0.379 e. The standard InChI is InChI=1S/C13H29NO/c1-7-8-11(2)10-14-12(3)9-13(4,5)15-6/h11-12,14H,7-10H2,1-6H3. The lowest BCUT2D eigenvalue weighted by Gasteiger charge is -2.27. The van der Waals surface area contributed by atoms with E-state index in [4.69, 9.17) is 4.74 Å². The van der Waals surface area contributed by atoms with Crippen LogP contribution in [0, 0.1) is 5.92 Å². The molecule has 2 heteroatoms. The van der Waals surface area contributed by atoms with Crippen molar-refractivity contribution in [1.82, 2.24) is 5.32 Å². The van der Waals surface area contributed by atoms with Crippen LogP contribution in [0.1, 0.15) is 53.9 Å². The van der Waals surface area contributed by atoms with Crippen LogP contribution in [0.2, 0.25) is 0 Å². The Kier molecular flexibility index (Phi) is 7.20. The van der Waals surface area contributed by atoms with Gasteiger partial charge < -0.3 is 10.1 Å². The van der Waals surface area contributed by atoms with Gasteiger partial charge in [0.15, 0.2) is 0 Å². The molecule has 0 radical (unpaired) electrons. The number of ether oxygens (including phenoxy) is 1. The molecule has 0 saturated heterocycles. The van der Waals surface area contributed by atoms with Gasteiger partial charge in [-0.05, 0) is 46.1 Å². The van der Waals surface area contributed by atoms with Gasteiger partial charge in [0.2, 0.25) is 0 Å². The lowest BCUT2D eigenvalue weighted by Crippen LogP contribution is -2.37. The molecule has 0 aliphatic carbocycles. The Bertz CT molecular complexity index is 157. The molecule has 2 unspecified atom stereocenters. The molecule has 2 nitrogen and oxygen atoms in total. The quantitative estimate of drug-likeness (QED) is 0.671. The maximum absolute atomic E-state index is 5.42. The second kappa shape index (κ2) is 7.24. The van der Waals surface area contributed by atoms with Crippen LogP contribution in [0.3, 0.4) is 0 Å². The van der Waals surface area contributed by atoms with Crippen molar-refractivity contribution in [3.63, 3.8) is 0 Å². The van der Waals surface area contributed by atoms with Gasteiger partial charge in [-0.1, -0.05) is 20.3 Å². The van der Waals surface area contributed by atoms with Crippen molar-refractivity contribution < 1.29 is 4.74 Å². The van der Waals surface area contributed by atoms with E-state index in [1.165, 1.54) is 12.8 Å². The van der Waals surface area contributed by atoms with Crippen LogP contribution < -0.4 is 5.32 Å². The van der Waals surface area contributed by atoms with E-state index in [1.807, 2.05) is 0 Å². The second-order valence-electron chi connectivity index (χ2n) is 5.37. The highest BCUT2D eigenvalue weighted by molar-refractivity contribution is 4.75. The molecule has 0 saturated carbocycles. The zero-order chi connectivity index (χ0) is 11.9. The molecule has 0 aliphatic rings. The van der Waals surface area contributed by atoms with E-state index in [1.54, 1.807) is 7.11 Å². The van der Waals surface area contributed by atoms with Crippen LogP contribution in [0.4, 0.5) is 0 Å². The number of hydrogen-bond acceptors (Lipinski definition) is 2. The molecule has 92 valence electrons. The first-order chi connectivity index (χ1) is 6.91. The summed E-state index contributed by atoms with van der Waals surface area (Å²) in [6, 6.07) is 0.527. The van der Waals surface area contributed by atoms with E-state index in [-0.39, 0.29) is 5.60 Å². The molecule has 0 rings (SSSR count). The highest BCUT2D eigenvalue weighted by Crippen LogP contribution is 2.15. The van der Waals surface area contributed by atoms with Gasteiger partial charge in [-0.3, -0.25) is 0 Å². The van der Waals surface area contributed by atoms with Crippen LogP contribution in [0.25, 0.3) is 0 Å². The minimum absolute atomic E-state index is 0.0135. The summed E-state index contributed by atoms with van der Waals surface area (Å²) in [7, 11) is 1.78. The molecule has 0 heterocycles. The Balaban J connectivity index is 3.70. The summed E-state index contributed by atoms with van der Waals surface area (Å²) in [5.41, 5.74) is -0.0135. The van der Waals surface area contributed by atoms with Crippen LogP contribution in [-0.4, -0.2) is 25.3 Å². The van der Waals surface area contributed by atoms with Crippen LogP contribution in [-0.2, 0) is 4.74 Å². The number of hydrogen-bond donors (Lipinski definition) is 1. The first-order valence-electron chi connectivity index (χ1n) is 6.19. The average Bonchev–Trinajstić information content (AvgIpc) is 2.15. The molecule has 0 amide bonds. The van der Waals surface area contributed by atoms with Gasteiger partial charge in [0, 0.05) is 13.2 Å². The third-order valence-electron chi connectivity index (χ3n) is 2.95. The van der Waals surface area contributed by atoms with E-state index in [9.17, 15) is 0 Å². The molecule has 1 N–H and O–H groups in total. The van der Waals surface area contributed by atoms with Crippen molar-refractivity contribution in [2.75, 3.05) is 13.7 Å². The van der Waals surface area contributed by atoms with Crippen molar-refractivity contribution >= 4 is 0 Å². The monoisotopic (exact) mass is 215 g/mol. The molecular weight excluding hydrogens is 186 g/mol. The Labute approximate surface area is 95.8 Å². The third kappa shape index (κ3) is 7.80. The van der Waals surface area contributed by atoms with Crippen molar-refractivity contribution in [2.24, 2.45) is 5.92 Å². The summed E-state index contributed by atoms with van der Waals surface area (Å²) in [5, 5.41) is 3.58. The highest BCUT2D eigenvalue weighted by Gasteiger charge is 2.19. The van der Waals surface area contributed by atoms with Crippen LogP contribution in [0.15, 0.2) is 0 Å². The normalized spacial score (nSPS) is 16.4. The van der Waals surface area contributed by atoms with E-state index < -0.39 is 0 Å². The Morgan fingerprint density at radius 3 is 2.33 bits per heavy atom. The Hall–Kier alpha value is -0.0800. The minimum Gasteiger partial charge on any atom is -0.379 e. The van der Waals surface area contributed by atoms with Gasteiger partial charge in [0.25, 0.3) is 0 Å². The SMILES string of the molecule is CCCC(C)CNC(C)CC(C)(C)OC. The molecule has 0 aromatic heterocycles. The highest BCUT2D eigenvalue weighted by atomic mass is 16.5. The number of methoxy groups -OCH3 is 1. The third-order valence-corrected chi connectivity index (χ3v) is 2.95. The zero-order valence-electron chi connectivity index (χ0n) is 11.4.